The maximum Gasteiger partial charge on any atom is 0.292 e. The van der Waals surface area contributed by atoms with Crippen LogP contribution in [0.15, 0.2) is 73.3 Å². The Balaban J connectivity index is 1.87. The van der Waals surface area contributed by atoms with Crippen molar-refractivity contribution in [3.8, 4) is 5.69 Å². The van der Waals surface area contributed by atoms with E-state index in [4.69, 9.17) is 5.14 Å². The van der Waals surface area contributed by atoms with Crippen molar-refractivity contribution in [1.29, 1.82) is 0 Å². The molecule has 14 heteroatoms. The lowest BCUT2D eigenvalue weighted by atomic mass is 10.3. The van der Waals surface area contributed by atoms with Crippen molar-refractivity contribution >= 4 is 37.3 Å². The molecule has 32 heavy (non-hydrogen) atoms. The maximum absolute atomic E-state index is 12.3. The summed E-state index contributed by atoms with van der Waals surface area (Å²) in [6.45, 7) is 2.70. The average molecular weight is 479 g/mol. The number of hydrogen-bond donors (Lipinski definition) is 3. The predicted molar refractivity (Wildman–Crippen MR) is 114 cm³/mol. The van der Waals surface area contributed by atoms with Gasteiger partial charge in [0.25, 0.3) is 15.6 Å². The Labute approximate surface area is 182 Å². The molecular weight excluding hydrogens is 460 g/mol. The van der Waals surface area contributed by atoms with Crippen LogP contribution in [-0.2, 0) is 24.8 Å². The van der Waals surface area contributed by atoms with Crippen LogP contribution in [0, 0.1) is 6.92 Å². The van der Waals surface area contributed by atoms with Gasteiger partial charge in [0.1, 0.15) is 0 Å². The zero-order valence-electron chi connectivity index (χ0n) is 16.8. The van der Waals surface area contributed by atoms with Gasteiger partial charge in [0, 0.05) is 6.92 Å². The van der Waals surface area contributed by atoms with Gasteiger partial charge >= 0.3 is 0 Å². The standard InChI is InChI=1S/C18H18N6O6S2/c1-11-17(18(26)22-24(11)14-5-9-15(10-6-14)31(19,27)28)21-20-13-3-7-16(8-4-13)32(29,30)23-12(2)25/h3-10H,1-2H3,(H,22,26)(H,23,25)(H2,19,27,28). The first-order valence-electron chi connectivity index (χ1n) is 8.88. The van der Waals surface area contributed by atoms with Crippen molar-refractivity contribution in [2.45, 2.75) is 23.6 Å². The molecule has 0 saturated carbocycles. The number of rotatable bonds is 6. The van der Waals surface area contributed by atoms with Gasteiger partial charge in [0.15, 0.2) is 5.69 Å². The van der Waals surface area contributed by atoms with E-state index < -0.39 is 31.5 Å². The summed E-state index contributed by atoms with van der Waals surface area (Å²) in [5.74, 6) is -0.715. The molecule has 0 fully saturated rings. The number of nitrogens with zero attached hydrogens (tertiary/aromatic N) is 3. The monoisotopic (exact) mass is 478 g/mol. The Morgan fingerprint density at radius 1 is 0.969 bits per heavy atom. The molecule has 0 bridgehead atoms. The van der Waals surface area contributed by atoms with E-state index >= 15 is 0 Å². The van der Waals surface area contributed by atoms with Gasteiger partial charge in [-0.1, -0.05) is 0 Å². The van der Waals surface area contributed by atoms with Crippen LogP contribution in [0.1, 0.15) is 12.6 Å². The minimum Gasteiger partial charge on any atom is -0.274 e. The van der Waals surface area contributed by atoms with Gasteiger partial charge in [0.05, 0.1) is 26.9 Å². The Bertz CT molecular complexity index is 1470. The van der Waals surface area contributed by atoms with E-state index in [1.54, 1.807) is 6.92 Å². The summed E-state index contributed by atoms with van der Waals surface area (Å²) < 4.78 is 49.9. The molecule has 4 N–H and O–H groups in total. The Morgan fingerprint density at radius 3 is 2.06 bits per heavy atom. The maximum atomic E-state index is 12.3. The number of carbonyl (C=O) groups excluding carboxylic acids is 1. The smallest absolute Gasteiger partial charge is 0.274 e. The molecule has 0 saturated heterocycles. The van der Waals surface area contributed by atoms with E-state index in [-0.39, 0.29) is 21.2 Å². The second-order valence-electron chi connectivity index (χ2n) is 6.60. The molecule has 3 rings (SSSR count). The highest BCUT2D eigenvalue weighted by Gasteiger charge is 2.16. The van der Waals surface area contributed by atoms with Crippen LogP contribution in [0.25, 0.3) is 5.69 Å². The number of aromatic amines is 1. The van der Waals surface area contributed by atoms with Gasteiger partial charge in [-0.3, -0.25) is 19.4 Å². The number of benzene rings is 2. The molecule has 3 aromatic rings. The summed E-state index contributed by atoms with van der Waals surface area (Å²) in [6.07, 6.45) is 0. The third-order valence-corrected chi connectivity index (χ3v) is 6.60. The summed E-state index contributed by atoms with van der Waals surface area (Å²) in [5, 5.41) is 15.6. The number of amides is 1. The molecule has 0 aliphatic carbocycles. The fourth-order valence-electron chi connectivity index (χ4n) is 2.72. The van der Waals surface area contributed by atoms with Crippen molar-refractivity contribution in [2.75, 3.05) is 0 Å². The van der Waals surface area contributed by atoms with E-state index in [0.717, 1.165) is 6.92 Å². The zero-order valence-corrected chi connectivity index (χ0v) is 18.4. The molecule has 0 unspecified atom stereocenters. The number of azo groups is 1. The lowest BCUT2D eigenvalue weighted by molar-refractivity contribution is -0.117. The molecule has 0 aliphatic rings. The normalized spacial score (nSPS) is 12.2. The fourth-order valence-corrected chi connectivity index (χ4v) is 4.22. The van der Waals surface area contributed by atoms with E-state index in [1.807, 2.05) is 4.72 Å². The molecule has 1 heterocycles. The van der Waals surface area contributed by atoms with E-state index in [9.17, 15) is 26.4 Å². The summed E-state index contributed by atoms with van der Waals surface area (Å²) in [7, 11) is -7.82. The molecule has 12 nitrogen and oxygen atoms in total. The number of primary sulfonamides is 1. The summed E-state index contributed by atoms with van der Waals surface area (Å²) in [4.78, 5) is 23.1. The van der Waals surface area contributed by atoms with Gasteiger partial charge in [-0.25, -0.2) is 26.7 Å². The first kappa shape index (κ1) is 23.1. The second kappa shape index (κ2) is 8.49. The zero-order chi connectivity index (χ0) is 23.7. The third kappa shape index (κ3) is 4.99. The van der Waals surface area contributed by atoms with E-state index in [2.05, 4.69) is 15.3 Å². The van der Waals surface area contributed by atoms with Crippen molar-refractivity contribution in [3.63, 3.8) is 0 Å². The lowest BCUT2D eigenvalue weighted by Gasteiger charge is -2.06. The van der Waals surface area contributed by atoms with Crippen LogP contribution in [0.3, 0.4) is 0 Å². The van der Waals surface area contributed by atoms with Crippen LogP contribution < -0.4 is 15.4 Å². The number of aromatic nitrogens is 2. The molecule has 1 amide bonds. The van der Waals surface area contributed by atoms with Gasteiger partial charge < -0.3 is 0 Å². The molecule has 1 aromatic heterocycles. The summed E-state index contributed by atoms with van der Waals surface area (Å²) in [5.41, 5.74) is 0.630. The Morgan fingerprint density at radius 2 is 1.53 bits per heavy atom. The average Bonchev–Trinajstić information content (AvgIpc) is 2.99. The number of nitrogens with one attached hydrogen (secondary N) is 2. The van der Waals surface area contributed by atoms with E-state index in [0.29, 0.717) is 11.4 Å². The molecule has 0 aliphatic heterocycles. The van der Waals surface area contributed by atoms with E-state index in [1.165, 1.54) is 53.2 Å². The topological polar surface area (TPSA) is 186 Å². The van der Waals surface area contributed by atoms with Gasteiger partial charge in [-0.2, -0.15) is 5.11 Å². The third-order valence-electron chi connectivity index (χ3n) is 4.22. The highest BCUT2D eigenvalue weighted by Crippen LogP contribution is 2.22. The highest BCUT2D eigenvalue weighted by atomic mass is 32.2. The van der Waals surface area contributed by atoms with Crippen LogP contribution in [0.5, 0.6) is 0 Å². The molecule has 0 atom stereocenters. The first-order valence-corrected chi connectivity index (χ1v) is 11.9. The SMILES string of the molecule is CC(=O)NS(=O)(=O)c1ccc(N=Nc2c(C)n(-c3ccc(S(N)(=O)=O)cc3)[nH]c2=O)cc1. The number of sulfonamides is 2. The van der Waals surface area contributed by atoms with Crippen LogP contribution >= 0.6 is 0 Å². The molecular formula is C18H18N6O6S2. The summed E-state index contributed by atoms with van der Waals surface area (Å²) in [6, 6.07) is 10.8. The van der Waals surface area contributed by atoms with Crippen molar-refractivity contribution in [1.82, 2.24) is 14.5 Å². The molecule has 2 aromatic carbocycles. The minimum absolute atomic E-state index is 0.00969. The number of nitrogens with two attached hydrogens (primary N) is 1. The van der Waals surface area contributed by atoms with Gasteiger partial charge in [-0.15, -0.1) is 5.11 Å². The van der Waals surface area contributed by atoms with Crippen LogP contribution in [0.2, 0.25) is 0 Å². The number of hydrogen-bond acceptors (Lipinski definition) is 8. The Hall–Kier alpha value is -3.62. The fraction of sp³-hybridized carbons (Fsp3) is 0.111. The van der Waals surface area contributed by atoms with Crippen molar-refractivity contribution in [2.24, 2.45) is 15.4 Å². The quantitative estimate of drug-likeness (QED) is 0.449. The molecule has 168 valence electrons. The lowest BCUT2D eigenvalue weighted by Crippen LogP contribution is -2.28. The van der Waals surface area contributed by atoms with Crippen molar-refractivity contribution < 1.29 is 21.6 Å². The van der Waals surface area contributed by atoms with Crippen molar-refractivity contribution in [3.05, 3.63) is 64.6 Å². The number of carbonyl (C=O) groups is 1. The van der Waals surface area contributed by atoms with Gasteiger partial charge in [-0.05, 0) is 55.5 Å². The molecule has 0 spiro atoms. The Kier molecular flexibility index (Phi) is 6.11. The number of H-pyrrole nitrogens is 1. The predicted octanol–water partition coefficient (Wildman–Crippen LogP) is 1.36. The van der Waals surface area contributed by atoms with Crippen LogP contribution in [-0.4, -0.2) is 32.5 Å². The summed E-state index contributed by atoms with van der Waals surface area (Å²) >= 11 is 0. The highest BCUT2D eigenvalue weighted by molar-refractivity contribution is 7.90. The van der Waals surface area contributed by atoms with Gasteiger partial charge in [0.2, 0.25) is 15.9 Å². The largest absolute Gasteiger partial charge is 0.292 e. The second-order valence-corrected chi connectivity index (χ2v) is 9.85. The van der Waals surface area contributed by atoms with Crippen LogP contribution in [0.4, 0.5) is 11.4 Å². The first-order chi connectivity index (χ1) is 14.9. The molecule has 0 radical (unpaired) electrons. The minimum atomic E-state index is -3.97.